The minimum atomic E-state index is -0.757. The van der Waals surface area contributed by atoms with Gasteiger partial charge in [0.2, 0.25) is 0 Å². The van der Waals surface area contributed by atoms with Crippen LogP contribution in [0.3, 0.4) is 0 Å². The number of halogens is 3. The molecular weight excluding hydrogens is 361 g/mol. The van der Waals surface area contributed by atoms with E-state index in [-0.39, 0.29) is 39.2 Å². The van der Waals surface area contributed by atoms with Crippen molar-refractivity contribution in [3.05, 3.63) is 32.8 Å². The highest BCUT2D eigenvalue weighted by atomic mass is 35.5. The molecule has 0 radical (unpaired) electrons. The summed E-state index contributed by atoms with van der Waals surface area (Å²) in [6.07, 6.45) is 5.43. The number of nitrogens with zero attached hydrogens (tertiary/aromatic N) is 1. The summed E-state index contributed by atoms with van der Waals surface area (Å²) in [5, 5.41) is 0.364. The summed E-state index contributed by atoms with van der Waals surface area (Å²) in [7, 11) is 1.74. The van der Waals surface area contributed by atoms with Gasteiger partial charge in [-0.15, -0.1) is 0 Å². The van der Waals surface area contributed by atoms with Crippen molar-refractivity contribution in [2.45, 2.75) is 38.1 Å². The first-order chi connectivity index (χ1) is 10.9. The summed E-state index contributed by atoms with van der Waals surface area (Å²) >= 11 is 17.8. The Morgan fingerprint density at radius 1 is 1.13 bits per heavy atom. The molecule has 23 heavy (non-hydrogen) atoms. The number of benzene rings is 1. The lowest BCUT2D eigenvalue weighted by Crippen LogP contribution is -2.40. The third-order valence-corrected chi connectivity index (χ3v) is 5.21. The molecule has 4 nitrogen and oxygen atoms in total. The van der Waals surface area contributed by atoms with Crippen LogP contribution >= 0.6 is 34.8 Å². The Morgan fingerprint density at radius 3 is 2.39 bits per heavy atom. The lowest BCUT2D eigenvalue weighted by Gasteiger charge is -2.31. The van der Waals surface area contributed by atoms with Gasteiger partial charge in [0.25, 0.3) is 5.91 Å². The molecule has 1 aromatic carbocycles. The van der Waals surface area contributed by atoms with Gasteiger partial charge in [-0.05, 0) is 25.0 Å². The van der Waals surface area contributed by atoms with Crippen molar-refractivity contribution in [3.63, 3.8) is 0 Å². The predicted octanol–water partition coefficient (Wildman–Crippen LogP) is 4.59. The first kappa shape index (κ1) is 18.4. The van der Waals surface area contributed by atoms with Crippen molar-refractivity contribution in [1.29, 1.82) is 0 Å². The molecule has 2 rings (SSSR count). The maximum Gasteiger partial charge on any atom is 0.341 e. The number of carbonyl (C=O) groups excluding carboxylic acids is 2. The van der Waals surface area contributed by atoms with Gasteiger partial charge in [-0.3, -0.25) is 4.79 Å². The molecule has 1 amide bonds. The van der Waals surface area contributed by atoms with Crippen LogP contribution in [0.25, 0.3) is 0 Å². The molecule has 0 spiro atoms. The Morgan fingerprint density at radius 2 is 1.74 bits per heavy atom. The number of esters is 1. The SMILES string of the molecule is CN(C(=O)COC(=O)c1c(Cl)ccc(Cl)c1Cl)C1CCCCC1. The zero-order chi connectivity index (χ0) is 17.0. The van der Waals surface area contributed by atoms with Gasteiger partial charge >= 0.3 is 5.97 Å². The minimum Gasteiger partial charge on any atom is -0.452 e. The number of hydrogen-bond donors (Lipinski definition) is 0. The fourth-order valence-corrected chi connectivity index (χ4v) is 3.37. The van der Waals surface area contributed by atoms with E-state index in [9.17, 15) is 9.59 Å². The maximum absolute atomic E-state index is 12.2. The summed E-state index contributed by atoms with van der Waals surface area (Å²) < 4.78 is 5.06. The molecule has 0 atom stereocenters. The standard InChI is InChI=1S/C16H18Cl3NO3/c1-20(10-5-3-2-4-6-10)13(21)9-23-16(22)14-11(17)7-8-12(18)15(14)19/h7-8,10H,2-6,9H2,1H3. The number of hydrogen-bond acceptors (Lipinski definition) is 3. The fraction of sp³-hybridized carbons (Fsp3) is 0.500. The Hall–Kier alpha value is -0.970. The quantitative estimate of drug-likeness (QED) is 0.568. The molecular formula is C16H18Cl3NO3. The Labute approximate surface area is 150 Å². The average Bonchev–Trinajstić information content (AvgIpc) is 2.56. The summed E-state index contributed by atoms with van der Waals surface area (Å²) in [4.78, 5) is 26.0. The highest BCUT2D eigenvalue weighted by Gasteiger charge is 2.24. The minimum absolute atomic E-state index is 0.0195. The van der Waals surface area contributed by atoms with Gasteiger partial charge in [0.15, 0.2) is 6.61 Å². The normalized spacial score (nSPS) is 15.3. The van der Waals surface area contributed by atoms with Gasteiger partial charge in [-0.1, -0.05) is 54.1 Å². The first-order valence-corrected chi connectivity index (χ1v) is 8.61. The Balaban J connectivity index is 1.96. The third-order valence-electron chi connectivity index (χ3n) is 4.09. The largest absolute Gasteiger partial charge is 0.452 e. The zero-order valence-corrected chi connectivity index (χ0v) is 15.0. The second-order valence-corrected chi connectivity index (χ2v) is 6.78. The molecule has 1 aliphatic carbocycles. The highest BCUT2D eigenvalue weighted by Crippen LogP contribution is 2.32. The number of rotatable bonds is 4. The van der Waals surface area contributed by atoms with Gasteiger partial charge in [0.05, 0.1) is 20.6 Å². The second kappa shape index (κ2) is 8.22. The van der Waals surface area contributed by atoms with E-state index >= 15 is 0 Å². The Kier molecular flexibility index (Phi) is 6.57. The van der Waals surface area contributed by atoms with Crippen molar-refractivity contribution >= 4 is 46.7 Å². The van der Waals surface area contributed by atoms with Crippen LogP contribution in [0, 0.1) is 0 Å². The van der Waals surface area contributed by atoms with Crippen LogP contribution in [-0.4, -0.2) is 36.5 Å². The van der Waals surface area contributed by atoms with Gasteiger partial charge in [0.1, 0.15) is 0 Å². The molecule has 126 valence electrons. The van der Waals surface area contributed by atoms with E-state index < -0.39 is 5.97 Å². The number of amides is 1. The third kappa shape index (κ3) is 4.52. The topological polar surface area (TPSA) is 46.6 Å². The summed E-state index contributed by atoms with van der Waals surface area (Å²) in [5.74, 6) is -0.993. The molecule has 1 aliphatic rings. The van der Waals surface area contributed by atoms with Gasteiger partial charge in [-0.2, -0.15) is 0 Å². The monoisotopic (exact) mass is 377 g/mol. The van der Waals surface area contributed by atoms with Crippen molar-refractivity contribution in [2.24, 2.45) is 0 Å². The van der Waals surface area contributed by atoms with Crippen LogP contribution in [-0.2, 0) is 9.53 Å². The molecule has 1 fully saturated rings. The second-order valence-electron chi connectivity index (χ2n) is 5.59. The molecule has 7 heteroatoms. The van der Waals surface area contributed by atoms with Crippen LogP contribution < -0.4 is 0 Å². The Bertz CT molecular complexity index is 600. The molecule has 0 unspecified atom stereocenters. The van der Waals surface area contributed by atoms with E-state index in [0.29, 0.717) is 0 Å². The average molecular weight is 379 g/mol. The van der Waals surface area contributed by atoms with Gasteiger partial charge in [-0.25, -0.2) is 4.79 Å². The number of ether oxygens (including phenoxy) is 1. The van der Waals surface area contributed by atoms with Gasteiger partial charge < -0.3 is 9.64 Å². The van der Waals surface area contributed by atoms with Crippen molar-refractivity contribution < 1.29 is 14.3 Å². The molecule has 0 bridgehead atoms. The number of carbonyl (C=O) groups is 2. The van der Waals surface area contributed by atoms with E-state index in [4.69, 9.17) is 39.5 Å². The maximum atomic E-state index is 12.2. The number of likely N-dealkylation sites (N-methyl/N-ethyl adjacent to an activating group) is 1. The van der Waals surface area contributed by atoms with Crippen LogP contribution in [0.1, 0.15) is 42.5 Å². The molecule has 0 aliphatic heterocycles. The van der Waals surface area contributed by atoms with E-state index in [1.165, 1.54) is 18.6 Å². The van der Waals surface area contributed by atoms with Gasteiger partial charge in [0, 0.05) is 13.1 Å². The molecule has 0 heterocycles. The fourth-order valence-electron chi connectivity index (χ4n) is 2.69. The summed E-state index contributed by atoms with van der Waals surface area (Å²) in [6.45, 7) is -0.342. The molecule has 1 aromatic rings. The predicted molar refractivity (Wildman–Crippen MR) is 91.4 cm³/mol. The van der Waals surface area contributed by atoms with Crippen LogP contribution in [0.2, 0.25) is 15.1 Å². The lowest BCUT2D eigenvalue weighted by molar-refractivity contribution is -0.135. The van der Waals surface area contributed by atoms with Crippen molar-refractivity contribution in [1.82, 2.24) is 4.90 Å². The van der Waals surface area contributed by atoms with E-state index in [1.807, 2.05) is 0 Å². The van der Waals surface area contributed by atoms with E-state index in [1.54, 1.807) is 11.9 Å². The summed E-state index contributed by atoms with van der Waals surface area (Å²) in [5.41, 5.74) is -0.0195. The molecule has 0 saturated heterocycles. The highest BCUT2D eigenvalue weighted by molar-refractivity contribution is 6.46. The van der Waals surface area contributed by atoms with Crippen LogP contribution in [0.15, 0.2) is 12.1 Å². The zero-order valence-electron chi connectivity index (χ0n) is 12.8. The van der Waals surface area contributed by atoms with E-state index in [0.717, 1.165) is 25.7 Å². The van der Waals surface area contributed by atoms with Crippen molar-refractivity contribution in [3.8, 4) is 0 Å². The van der Waals surface area contributed by atoms with Crippen LogP contribution in [0.4, 0.5) is 0 Å². The smallest absolute Gasteiger partial charge is 0.341 e. The van der Waals surface area contributed by atoms with Crippen molar-refractivity contribution in [2.75, 3.05) is 13.7 Å². The lowest BCUT2D eigenvalue weighted by atomic mass is 9.94. The van der Waals surface area contributed by atoms with E-state index in [2.05, 4.69) is 0 Å². The molecule has 0 N–H and O–H groups in total. The van der Waals surface area contributed by atoms with Crippen LogP contribution in [0.5, 0.6) is 0 Å². The molecule has 0 aromatic heterocycles. The molecule has 1 saturated carbocycles. The summed E-state index contributed by atoms with van der Waals surface area (Å²) in [6, 6.07) is 3.17. The first-order valence-electron chi connectivity index (χ1n) is 7.48.